The second-order valence-corrected chi connectivity index (χ2v) is 8.48. The van der Waals surface area contributed by atoms with Crippen molar-refractivity contribution in [2.45, 2.75) is 0 Å². The Morgan fingerprint density at radius 3 is 1.38 bits per heavy atom. The lowest BCUT2D eigenvalue weighted by molar-refractivity contribution is 1.48. The molecule has 6 aromatic carbocycles. The molecule has 158 valence electrons. The Kier molecular flexibility index (Phi) is 4.91. The van der Waals surface area contributed by atoms with Gasteiger partial charge < -0.3 is 0 Å². The van der Waals surface area contributed by atoms with Crippen LogP contribution in [0, 0.1) is 11.3 Å². The molecular formula is C33H21N. The summed E-state index contributed by atoms with van der Waals surface area (Å²) in [4.78, 5) is 0. The number of nitriles is 1. The van der Waals surface area contributed by atoms with Gasteiger partial charge in [-0.05, 0) is 67.1 Å². The first-order valence-corrected chi connectivity index (χ1v) is 11.4. The molecule has 0 atom stereocenters. The van der Waals surface area contributed by atoms with E-state index in [0.29, 0.717) is 5.56 Å². The van der Waals surface area contributed by atoms with Gasteiger partial charge in [-0.15, -0.1) is 0 Å². The first kappa shape index (κ1) is 20.0. The molecule has 0 spiro atoms. The summed E-state index contributed by atoms with van der Waals surface area (Å²) in [6.07, 6.45) is 0. The Hall–Kier alpha value is -4.67. The summed E-state index contributed by atoms with van der Waals surface area (Å²) in [6, 6.07) is 46.8. The van der Waals surface area contributed by atoms with Crippen LogP contribution in [0.2, 0.25) is 0 Å². The fourth-order valence-electron chi connectivity index (χ4n) is 4.95. The predicted molar refractivity (Wildman–Crippen MR) is 142 cm³/mol. The Morgan fingerprint density at radius 1 is 0.382 bits per heavy atom. The van der Waals surface area contributed by atoms with Gasteiger partial charge in [-0.1, -0.05) is 115 Å². The normalized spacial score (nSPS) is 10.9. The Morgan fingerprint density at radius 2 is 0.824 bits per heavy atom. The molecule has 0 bridgehead atoms. The highest BCUT2D eigenvalue weighted by Gasteiger charge is 2.16. The Labute approximate surface area is 199 Å². The zero-order valence-electron chi connectivity index (χ0n) is 18.6. The van der Waals surface area contributed by atoms with Crippen molar-refractivity contribution in [2.75, 3.05) is 0 Å². The number of fused-ring (bicyclic) bond motifs is 2. The van der Waals surface area contributed by atoms with E-state index in [-0.39, 0.29) is 0 Å². The SMILES string of the molecule is N#Cc1cccc(-c2c3ccccc3c(-c3ccc(-c4ccccc4)cc3)c3ccccc23)c1. The van der Waals surface area contributed by atoms with Crippen molar-refractivity contribution in [2.24, 2.45) is 0 Å². The van der Waals surface area contributed by atoms with Crippen LogP contribution in [0.3, 0.4) is 0 Å². The quantitative estimate of drug-likeness (QED) is 0.257. The van der Waals surface area contributed by atoms with Gasteiger partial charge in [0.25, 0.3) is 0 Å². The van der Waals surface area contributed by atoms with E-state index in [1.807, 2.05) is 24.3 Å². The van der Waals surface area contributed by atoms with Gasteiger partial charge in [0, 0.05) is 0 Å². The zero-order chi connectivity index (χ0) is 22.9. The minimum atomic E-state index is 0.672. The molecule has 0 saturated carbocycles. The zero-order valence-corrected chi connectivity index (χ0v) is 18.6. The predicted octanol–water partition coefficient (Wildman–Crippen LogP) is 8.87. The van der Waals surface area contributed by atoms with Crippen molar-refractivity contribution in [3.8, 4) is 39.4 Å². The van der Waals surface area contributed by atoms with Gasteiger partial charge >= 0.3 is 0 Å². The molecule has 0 heterocycles. The molecular weight excluding hydrogens is 410 g/mol. The molecule has 0 radical (unpaired) electrons. The summed E-state index contributed by atoms with van der Waals surface area (Å²) < 4.78 is 0. The highest BCUT2D eigenvalue weighted by Crippen LogP contribution is 2.43. The minimum absolute atomic E-state index is 0.672. The summed E-state index contributed by atoms with van der Waals surface area (Å²) in [6.45, 7) is 0. The van der Waals surface area contributed by atoms with E-state index in [9.17, 15) is 5.26 Å². The van der Waals surface area contributed by atoms with Crippen molar-refractivity contribution >= 4 is 21.5 Å². The molecule has 0 aromatic heterocycles. The smallest absolute Gasteiger partial charge is 0.0991 e. The number of nitrogens with zero attached hydrogens (tertiary/aromatic N) is 1. The lowest BCUT2D eigenvalue weighted by atomic mass is 9.85. The lowest BCUT2D eigenvalue weighted by Gasteiger charge is -2.18. The summed E-state index contributed by atoms with van der Waals surface area (Å²) >= 11 is 0. The van der Waals surface area contributed by atoms with Gasteiger partial charge in [-0.3, -0.25) is 0 Å². The van der Waals surface area contributed by atoms with Crippen LogP contribution in [0.4, 0.5) is 0 Å². The van der Waals surface area contributed by atoms with Crippen LogP contribution in [-0.2, 0) is 0 Å². The molecule has 34 heavy (non-hydrogen) atoms. The van der Waals surface area contributed by atoms with Gasteiger partial charge in [-0.2, -0.15) is 5.26 Å². The van der Waals surface area contributed by atoms with Crippen molar-refractivity contribution in [3.05, 3.63) is 133 Å². The average Bonchev–Trinajstić information content (AvgIpc) is 2.92. The molecule has 6 aromatic rings. The number of hydrogen-bond acceptors (Lipinski definition) is 1. The van der Waals surface area contributed by atoms with E-state index in [0.717, 1.165) is 5.56 Å². The average molecular weight is 432 g/mol. The van der Waals surface area contributed by atoms with Crippen LogP contribution in [0.25, 0.3) is 54.9 Å². The van der Waals surface area contributed by atoms with Crippen LogP contribution in [0.1, 0.15) is 5.56 Å². The van der Waals surface area contributed by atoms with E-state index in [1.165, 1.54) is 49.4 Å². The number of rotatable bonds is 3. The molecule has 1 heteroatoms. The second-order valence-electron chi connectivity index (χ2n) is 8.48. The van der Waals surface area contributed by atoms with Gasteiger partial charge in [-0.25, -0.2) is 0 Å². The molecule has 0 fully saturated rings. The first-order chi connectivity index (χ1) is 16.8. The first-order valence-electron chi connectivity index (χ1n) is 11.4. The largest absolute Gasteiger partial charge is 0.192 e. The van der Waals surface area contributed by atoms with Crippen LogP contribution >= 0.6 is 0 Å². The van der Waals surface area contributed by atoms with Crippen LogP contribution < -0.4 is 0 Å². The Balaban J connectivity index is 1.64. The minimum Gasteiger partial charge on any atom is -0.192 e. The lowest BCUT2D eigenvalue weighted by Crippen LogP contribution is -1.91. The maximum atomic E-state index is 9.48. The third kappa shape index (κ3) is 3.34. The summed E-state index contributed by atoms with van der Waals surface area (Å²) in [5, 5.41) is 14.3. The van der Waals surface area contributed by atoms with Gasteiger partial charge in [0.1, 0.15) is 0 Å². The van der Waals surface area contributed by atoms with Crippen LogP contribution in [0.15, 0.2) is 127 Å². The van der Waals surface area contributed by atoms with Crippen molar-refractivity contribution < 1.29 is 0 Å². The third-order valence-corrected chi connectivity index (χ3v) is 6.49. The molecule has 0 saturated heterocycles. The Bertz CT molecular complexity index is 1630. The van der Waals surface area contributed by atoms with E-state index in [2.05, 4.69) is 109 Å². The van der Waals surface area contributed by atoms with Crippen molar-refractivity contribution in [3.63, 3.8) is 0 Å². The third-order valence-electron chi connectivity index (χ3n) is 6.49. The molecule has 0 unspecified atom stereocenters. The van der Waals surface area contributed by atoms with Gasteiger partial charge in [0.05, 0.1) is 11.6 Å². The van der Waals surface area contributed by atoms with E-state index in [4.69, 9.17) is 0 Å². The standard InChI is InChI=1S/C33H21N/c34-22-23-9-8-12-27(21-23)33-30-15-6-4-13-28(30)32(29-14-5-7-16-31(29)33)26-19-17-25(18-20-26)24-10-2-1-3-11-24/h1-21H. The second kappa shape index (κ2) is 8.35. The molecule has 0 amide bonds. The van der Waals surface area contributed by atoms with Crippen molar-refractivity contribution in [1.29, 1.82) is 5.26 Å². The highest BCUT2D eigenvalue weighted by molar-refractivity contribution is 6.21. The fourth-order valence-corrected chi connectivity index (χ4v) is 4.95. The molecule has 0 aliphatic carbocycles. The van der Waals surface area contributed by atoms with Gasteiger partial charge in [0.15, 0.2) is 0 Å². The van der Waals surface area contributed by atoms with Crippen LogP contribution in [0.5, 0.6) is 0 Å². The number of hydrogen-bond donors (Lipinski definition) is 0. The number of benzene rings is 6. The molecule has 6 rings (SSSR count). The molecule has 0 aliphatic rings. The van der Waals surface area contributed by atoms with Crippen LogP contribution in [-0.4, -0.2) is 0 Å². The summed E-state index contributed by atoms with van der Waals surface area (Å²) in [7, 11) is 0. The fraction of sp³-hybridized carbons (Fsp3) is 0. The summed E-state index contributed by atoms with van der Waals surface area (Å²) in [5.74, 6) is 0. The summed E-state index contributed by atoms with van der Waals surface area (Å²) in [5.41, 5.74) is 7.78. The van der Waals surface area contributed by atoms with E-state index >= 15 is 0 Å². The molecule has 0 N–H and O–H groups in total. The van der Waals surface area contributed by atoms with E-state index < -0.39 is 0 Å². The maximum absolute atomic E-state index is 9.48. The van der Waals surface area contributed by atoms with Crippen molar-refractivity contribution in [1.82, 2.24) is 0 Å². The maximum Gasteiger partial charge on any atom is 0.0991 e. The highest BCUT2D eigenvalue weighted by atomic mass is 14.2. The molecule has 1 nitrogen and oxygen atoms in total. The van der Waals surface area contributed by atoms with Gasteiger partial charge in [0.2, 0.25) is 0 Å². The topological polar surface area (TPSA) is 23.8 Å². The molecule has 0 aliphatic heterocycles. The monoisotopic (exact) mass is 431 g/mol. The van der Waals surface area contributed by atoms with E-state index in [1.54, 1.807) is 0 Å².